The molecule has 1 amide bonds. The van der Waals surface area contributed by atoms with E-state index < -0.39 is 0 Å². The van der Waals surface area contributed by atoms with Crippen molar-refractivity contribution < 1.29 is 4.79 Å². The van der Waals surface area contributed by atoms with Crippen LogP contribution in [0.15, 0.2) is 18.2 Å². The molecule has 1 N–H and O–H groups in total. The van der Waals surface area contributed by atoms with E-state index in [1.165, 1.54) is 0 Å². The Morgan fingerprint density at radius 3 is 2.81 bits per heavy atom. The van der Waals surface area contributed by atoms with Gasteiger partial charge in [-0.25, -0.2) is 0 Å². The summed E-state index contributed by atoms with van der Waals surface area (Å²) in [5.74, 6) is 0.158. The molecule has 4 nitrogen and oxygen atoms in total. The number of rotatable bonds is 3. The van der Waals surface area contributed by atoms with Crippen LogP contribution in [-0.2, 0) is 0 Å². The van der Waals surface area contributed by atoms with Crippen molar-refractivity contribution in [1.29, 1.82) is 0 Å². The average Bonchev–Trinajstić information content (AvgIpc) is 2.67. The van der Waals surface area contributed by atoms with Crippen LogP contribution in [0.4, 0.5) is 5.69 Å². The van der Waals surface area contributed by atoms with Gasteiger partial charge in [-0.15, -0.1) is 0 Å². The Morgan fingerprint density at radius 2 is 2.14 bits per heavy atom. The van der Waals surface area contributed by atoms with Gasteiger partial charge in [0.05, 0.1) is 5.56 Å². The number of hydrogen-bond donors (Lipinski definition) is 1. The molecule has 1 unspecified atom stereocenters. The van der Waals surface area contributed by atoms with Crippen molar-refractivity contribution >= 4 is 11.6 Å². The standard InChI is InChI=1S/C17H27N3O/c1-5-14-12-19(4)9-6-10-20(14)17(21)15-11-13(2)7-8-16(15)18-3/h7-8,11,14,18H,5-6,9-10,12H2,1-4H3. The zero-order valence-electron chi connectivity index (χ0n) is 13.6. The van der Waals surface area contributed by atoms with Crippen molar-refractivity contribution in [2.45, 2.75) is 32.7 Å². The molecule has 1 aliphatic heterocycles. The van der Waals surface area contributed by atoms with E-state index in [2.05, 4.69) is 29.1 Å². The summed E-state index contributed by atoms with van der Waals surface area (Å²) in [7, 11) is 4.01. The normalized spacial score (nSPS) is 20.2. The lowest BCUT2D eigenvalue weighted by Gasteiger charge is -2.31. The summed E-state index contributed by atoms with van der Waals surface area (Å²) >= 11 is 0. The Kier molecular flexibility index (Phi) is 5.23. The number of carbonyl (C=O) groups is 1. The maximum absolute atomic E-state index is 13.0. The van der Waals surface area contributed by atoms with E-state index in [1.54, 1.807) is 0 Å². The monoisotopic (exact) mass is 289 g/mol. The number of carbonyl (C=O) groups excluding carboxylic acids is 1. The summed E-state index contributed by atoms with van der Waals surface area (Å²) in [6.45, 7) is 7.07. The first kappa shape index (κ1) is 15.8. The van der Waals surface area contributed by atoms with E-state index in [4.69, 9.17) is 0 Å². The molecule has 0 aliphatic carbocycles. The summed E-state index contributed by atoms with van der Waals surface area (Å²) in [5.41, 5.74) is 2.83. The Balaban J connectivity index is 2.31. The summed E-state index contributed by atoms with van der Waals surface area (Å²) in [6, 6.07) is 6.33. The predicted molar refractivity (Wildman–Crippen MR) is 88.0 cm³/mol. The largest absolute Gasteiger partial charge is 0.387 e. The molecule has 1 aromatic rings. The van der Waals surface area contributed by atoms with E-state index in [0.29, 0.717) is 6.04 Å². The molecular weight excluding hydrogens is 262 g/mol. The number of hydrogen-bond acceptors (Lipinski definition) is 3. The van der Waals surface area contributed by atoms with E-state index in [1.807, 2.05) is 32.2 Å². The molecule has 1 aliphatic rings. The van der Waals surface area contributed by atoms with Crippen LogP contribution in [-0.4, -0.2) is 55.5 Å². The highest BCUT2D eigenvalue weighted by molar-refractivity contribution is 6.00. The lowest BCUT2D eigenvalue weighted by atomic mass is 10.1. The van der Waals surface area contributed by atoms with Crippen LogP contribution in [0.5, 0.6) is 0 Å². The molecule has 1 atom stereocenters. The SMILES string of the molecule is CCC1CN(C)CCCN1C(=O)c1cc(C)ccc1NC. The van der Waals surface area contributed by atoms with E-state index in [9.17, 15) is 4.79 Å². The molecule has 1 saturated heterocycles. The van der Waals surface area contributed by atoms with Gasteiger partial charge in [0.2, 0.25) is 0 Å². The van der Waals surface area contributed by atoms with Crippen molar-refractivity contribution in [3.8, 4) is 0 Å². The van der Waals surface area contributed by atoms with Gasteiger partial charge in [0.25, 0.3) is 5.91 Å². The molecule has 4 heteroatoms. The van der Waals surface area contributed by atoms with Gasteiger partial charge in [-0.1, -0.05) is 18.6 Å². The molecule has 0 spiro atoms. The molecule has 0 aromatic heterocycles. The predicted octanol–water partition coefficient (Wildman–Crippen LogP) is 2.59. The molecule has 1 fully saturated rings. The lowest BCUT2D eigenvalue weighted by molar-refractivity contribution is 0.0676. The van der Waals surface area contributed by atoms with E-state index in [0.717, 1.165) is 49.3 Å². The number of benzene rings is 1. The van der Waals surface area contributed by atoms with Crippen LogP contribution in [0.25, 0.3) is 0 Å². The third-order valence-corrected chi connectivity index (χ3v) is 4.31. The van der Waals surface area contributed by atoms with Crippen LogP contribution in [0.2, 0.25) is 0 Å². The Morgan fingerprint density at radius 1 is 1.38 bits per heavy atom. The molecule has 0 bridgehead atoms. The lowest BCUT2D eigenvalue weighted by Crippen LogP contribution is -2.43. The topological polar surface area (TPSA) is 35.6 Å². The van der Waals surface area contributed by atoms with Crippen molar-refractivity contribution in [3.63, 3.8) is 0 Å². The van der Waals surface area contributed by atoms with Gasteiger partial charge >= 0.3 is 0 Å². The smallest absolute Gasteiger partial charge is 0.256 e. The van der Waals surface area contributed by atoms with Gasteiger partial charge in [-0.3, -0.25) is 4.79 Å². The minimum atomic E-state index is 0.158. The number of aryl methyl sites for hydroxylation is 1. The summed E-state index contributed by atoms with van der Waals surface area (Å²) in [6.07, 6.45) is 2.04. The number of likely N-dealkylation sites (N-methyl/N-ethyl adjacent to an activating group) is 1. The van der Waals surface area contributed by atoms with Crippen molar-refractivity contribution in [3.05, 3.63) is 29.3 Å². The fourth-order valence-corrected chi connectivity index (χ4v) is 3.07. The molecule has 0 radical (unpaired) electrons. The van der Waals surface area contributed by atoms with Crippen molar-refractivity contribution in [1.82, 2.24) is 9.80 Å². The highest BCUT2D eigenvalue weighted by Gasteiger charge is 2.28. The summed E-state index contributed by atoms with van der Waals surface area (Å²) in [4.78, 5) is 17.4. The highest BCUT2D eigenvalue weighted by atomic mass is 16.2. The van der Waals surface area contributed by atoms with E-state index in [-0.39, 0.29) is 5.91 Å². The third-order valence-electron chi connectivity index (χ3n) is 4.31. The molecule has 21 heavy (non-hydrogen) atoms. The third kappa shape index (κ3) is 3.56. The van der Waals surface area contributed by atoms with Gasteiger partial charge in [-0.05, 0) is 45.5 Å². The zero-order valence-corrected chi connectivity index (χ0v) is 13.6. The first-order chi connectivity index (χ1) is 10.1. The second-order valence-electron chi connectivity index (χ2n) is 5.98. The molecular formula is C17H27N3O. The average molecular weight is 289 g/mol. The van der Waals surface area contributed by atoms with Crippen LogP contribution in [0, 0.1) is 6.92 Å². The quantitative estimate of drug-likeness (QED) is 0.929. The minimum absolute atomic E-state index is 0.158. The number of nitrogens with zero attached hydrogens (tertiary/aromatic N) is 2. The molecule has 116 valence electrons. The van der Waals surface area contributed by atoms with Crippen LogP contribution >= 0.6 is 0 Å². The fraction of sp³-hybridized carbons (Fsp3) is 0.588. The first-order valence-electron chi connectivity index (χ1n) is 7.84. The maximum Gasteiger partial charge on any atom is 0.256 e. The molecule has 2 rings (SSSR count). The second kappa shape index (κ2) is 6.94. The van der Waals surface area contributed by atoms with Gasteiger partial charge < -0.3 is 15.1 Å². The van der Waals surface area contributed by atoms with Gasteiger partial charge in [0, 0.05) is 31.9 Å². The second-order valence-corrected chi connectivity index (χ2v) is 5.98. The fourth-order valence-electron chi connectivity index (χ4n) is 3.07. The number of anilines is 1. The van der Waals surface area contributed by atoms with Crippen LogP contribution < -0.4 is 5.32 Å². The van der Waals surface area contributed by atoms with Crippen LogP contribution in [0.1, 0.15) is 35.7 Å². The molecule has 1 heterocycles. The maximum atomic E-state index is 13.0. The van der Waals surface area contributed by atoms with Gasteiger partial charge in [-0.2, -0.15) is 0 Å². The molecule has 1 aromatic carbocycles. The zero-order chi connectivity index (χ0) is 15.4. The molecule has 0 saturated carbocycles. The highest BCUT2D eigenvalue weighted by Crippen LogP contribution is 2.22. The van der Waals surface area contributed by atoms with Crippen LogP contribution in [0.3, 0.4) is 0 Å². The van der Waals surface area contributed by atoms with Crippen molar-refractivity contribution in [2.75, 3.05) is 39.0 Å². The number of nitrogens with one attached hydrogen (secondary N) is 1. The van der Waals surface area contributed by atoms with Gasteiger partial charge in [0.15, 0.2) is 0 Å². The Hall–Kier alpha value is -1.55. The Bertz CT molecular complexity index is 501. The summed E-state index contributed by atoms with van der Waals surface area (Å²) in [5, 5.41) is 3.14. The first-order valence-corrected chi connectivity index (χ1v) is 7.84. The Labute approximate surface area is 128 Å². The minimum Gasteiger partial charge on any atom is -0.387 e. The van der Waals surface area contributed by atoms with Crippen molar-refractivity contribution in [2.24, 2.45) is 0 Å². The number of amides is 1. The van der Waals surface area contributed by atoms with E-state index >= 15 is 0 Å². The summed E-state index contributed by atoms with van der Waals surface area (Å²) < 4.78 is 0. The van der Waals surface area contributed by atoms with Gasteiger partial charge in [0.1, 0.15) is 0 Å².